The molecule has 0 bridgehead atoms. The number of benzene rings is 3. The SMILES string of the molecule is O=[N+]([O-])c1ccc(N2N=C(c3ccccc3)C[C@@H]2c2ccc(F)cc2)cc1. The molecule has 3 aromatic rings. The van der Waals surface area contributed by atoms with Crippen LogP contribution in [0.15, 0.2) is 84.0 Å². The number of halogens is 1. The summed E-state index contributed by atoms with van der Waals surface area (Å²) >= 11 is 0. The number of hydrogen-bond donors (Lipinski definition) is 0. The van der Waals surface area contributed by atoms with Crippen molar-refractivity contribution in [2.24, 2.45) is 5.10 Å². The highest BCUT2D eigenvalue weighted by Crippen LogP contribution is 2.37. The Kier molecular flexibility index (Phi) is 4.38. The molecule has 1 heterocycles. The minimum Gasteiger partial charge on any atom is -0.258 e. The Morgan fingerprint density at radius 3 is 2.26 bits per heavy atom. The Hall–Kier alpha value is -3.54. The second-order valence-electron chi connectivity index (χ2n) is 6.30. The van der Waals surface area contributed by atoms with Crippen molar-refractivity contribution in [3.63, 3.8) is 0 Å². The maximum atomic E-state index is 13.3. The summed E-state index contributed by atoms with van der Waals surface area (Å²) in [4.78, 5) is 10.5. The number of anilines is 1. The molecule has 134 valence electrons. The first-order chi connectivity index (χ1) is 13.1. The number of non-ortho nitro benzene ring substituents is 1. The third-order valence-corrected chi connectivity index (χ3v) is 4.60. The molecule has 4 rings (SSSR count). The van der Waals surface area contributed by atoms with Crippen molar-refractivity contribution in [2.75, 3.05) is 5.01 Å². The third-order valence-electron chi connectivity index (χ3n) is 4.60. The third kappa shape index (κ3) is 3.42. The van der Waals surface area contributed by atoms with Gasteiger partial charge in [0, 0.05) is 18.6 Å². The largest absolute Gasteiger partial charge is 0.269 e. The number of hydrazone groups is 1. The summed E-state index contributed by atoms with van der Waals surface area (Å²) in [6.07, 6.45) is 0.659. The van der Waals surface area contributed by atoms with Crippen molar-refractivity contribution in [3.05, 3.63) is 106 Å². The van der Waals surface area contributed by atoms with E-state index in [0.29, 0.717) is 6.42 Å². The topological polar surface area (TPSA) is 58.7 Å². The molecule has 27 heavy (non-hydrogen) atoms. The van der Waals surface area contributed by atoms with Gasteiger partial charge < -0.3 is 0 Å². The standard InChI is InChI=1S/C21H16FN3O2/c22-17-8-6-16(7-9-17)21-14-20(15-4-2-1-3-5-15)23-24(21)18-10-12-19(13-11-18)25(26)27/h1-13,21H,14H2/t21-/m1/s1. The van der Waals surface area contributed by atoms with Gasteiger partial charge in [-0.05, 0) is 35.4 Å². The van der Waals surface area contributed by atoms with Gasteiger partial charge in [0.05, 0.1) is 22.4 Å². The van der Waals surface area contributed by atoms with Crippen LogP contribution in [0.4, 0.5) is 15.8 Å². The fourth-order valence-corrected chi connectivity index (χ4v) is 3.23. The van der Waals surface area contributed by atoms with Crippen molar-refractivity contribution < 1.29 is 9.31 Å². The minimum atomic E-state index is -0.427. The molecular weight excluding hydrogens is 345 g/mol. The molecule has 5 nitrogen and oxygen atoms in total. The van der Waals surface area contributed by atoms with E-state index < -0.39 is 4.92 Å². The predicted molar refractivity (Wildman–Crippen MR) is 102 cm³/mol. The normalized spacial score (nSPS) is 16.3. The minimum absolute atomic E-state index is 0.0311. The van der Waals surface area contributed by atoms with E-state index in [1.807, 2.05) is 35.3 Å². The first-order valence-corrected chi connectivity index (χ1v) is 8.54. The monoisotopic (exact) mass is 361 g/mol. The second-order valence-corrected chi connectivity index (χ2v) is 6.30. The van der Waals surface area contributed by atoms with Crippen LogP contribution >= 0.6 is 0 Å². The Morgan fingerprint density at radius 1 is 0.963 bits per heavy atom. The Bertz CT molecular complexity index is 986. The van der Waals surface area contributed by atoms with E-state index in [2.05, 4.69) is 0 Å². The lowest BCUT2D eigenvalue weighted by molar-refractivity contribution is -0.384. The van der Waals surface area contributed by atoms with Gasteiger partial charge in [-0.3, -0.25) is 15.1 Å². The van der Waals surface area contributed by atoms with Crippen molar-refractivity contribution >= 4 is 17.1 Å². The van der Waals surface area contributed by atoms with Crippen LogP contribution in [0.5, 0.6) is 0 Å². The smallest absolute Gasteiger partial charge is 0.258 e. The molecule has 0 saturated heterocycles. The van der Waals surface area contributed by atoms with E-state index in [9.17, 15) is 14.5 Å². The van der Waals surface area contributed by atoms with E-state index in [1.165, 1.54) is 24.3 Å². The van der Waals surface area contributed by atoms with Crippen LogP contribution in [-0.4, -0.2) is 10.6 Å². The lowest BCUT2D eigenvalue weighted by Crippen LogP contribution is -2.18. The molecule has 1 aliphatic rings. The maximum Gasteiger partial charge on any atom is 0.269 e. The summed E-state index contributed by atoms with van der Waals surface area (Å²) in [6, 6.07) is 22.4. The fraction of sp³-hybridized carbons (Fsp3) is 0.0952. The molecule has 0 aromatic heterocycles. The highest BCUT2D eigenvalue weighted by atomic mass is 19.1. The lowest BCUT2D eigenvalue weighted by Gasteiger charge is -2.23. The highest BCUT2D eigenvalue weighted by Gasteiger charge is 2.30. The molecule has 6 heteroatoms. The Morgan fingerprint density at radius 2 is 1.63 bits per heavy atom. The summed E-state index contributed by atoms with van der Waals surface area (Å²) in [6.45, 7) is 0. The molecule has 0 unspecified atom stereocenters. The molecule has 0 N–H and O–H groups in total. The van der Waals surface area contributed by atoms with Crippen LogP contribution in [0.1, 0.15) is 23.6 Å². The van der Waals surface area contributed by atoms with Crippen molar-refractivity contribution in [3.8, 4) is 0 Å². The number of hydrogen-bond acceptors (Lipinski definition) is 4. The van der Waals surface area contributed by atoms with Gasteiger partial charge in [0.2, 0.25) is 0 Å². The molecule has 0 aliphatic carbocycles. The highest BCUT2D eigenvalue weighted by molar-refractivity contribution is 6.03. The van der Waals surface area contributed by atoms with Gasteiger partial charge in [-0.25, -0.2) is 4.39 Å². The molecule has 0 spiro atoms. The number of nitro groups is 1. The van der Waals surface area contributed by atoms with Gasteiger partial charge >= 0.3 is 0 Å². The van der Waals surface area contributed by atoms with Gasteiger partial charge in [-0.15, -0.1) is 0 Å². The Labute approximate surface area is 155 Å². The second kappa shape index (κ2) is 6.99. The summed E-state index contributed by atoms with van der Waals surface area (Å²) in [7, 11) is 0. The van der Waals surface area contributed by atoms with Crippen molar-refractivity contribution in [2.45, 2.75) is 12.5 Å². The van der Waals surface area contributed by atoms with Gasteiger partial charge in [-0.2, -0.15) is 5.10 Å². The molecule has 0 amide bonds. The maximum absolute atomic E-state index is 13.3. The summed E-state index contributed by atoms with van der Waals surface area (Å²) in [5.74, 6) is -0.289. The molecular formula is C21H16FN3O2. The van der Waals surface area contributed by atoms with E-state index in [-0.39, 0.29) is 17.5 Å². The number of rotatable bonds is 4. The van der Waals surface area contributed by atoms with Crippen LogP contribution < -0.4 is 5.01 Å². The molecule has 1 aliphatic heterocycles. The fourth-order valence-electron chi connectivity index (χ4n) is 3.23. The van der Waals surface area contributed by atoms with Crippen LogP contribution in [0.25, 0.3) is 0 Å². The van der Waals surface area contributed by atoms with E-state index in [0.717, 1.165) is 22.5 Å². The zero-order chi connectivity index (χ0) is 18.8. The summed E-state index contributed by atoms with van der Waals surface area (Å²) in [5, 5.41) is 17.5. The van der Waals surface area contributed by atoms with E-state index >= 15 is 0 Å². The quantitative estimate of drug-likeness (QED) is 0.480. The van der Waals surface area contributed by atoms with Crippen LogP contribution in [-0.2, 0) is 0 Å². The van der Waals surface area contributed by atoms with Gasteiger partial charge in [0.15, 0.2) is 0 Å². The summed E-state index contributed by atoms with van der Waals surface area (Å²) < 4.78 is 13.3. The van der Waals surface area contributed by atoms with Gasteiger partial charge in [0.25, 0.3) is 5.69 Å². The molecule has 0 fully saturated rings. The number of nitro benzene ring substituents is 1. The molecule has 3 aromatic carbocycles. The van der Waals surface area contributed by atoms with E-state index in [1.54, 1.807) is 24.3 Å². The van der Waals surface area contributed by atoms with Crippen molar-refractivity contribution in [1.29, 1.82) is 0 Å². The van der Waals surface area contributed by atoms with Gasteiger partial charge in [0.1, 0.15) is 5.82 Å². The zero-order valence-electron chi connectivity index (χ0n) is 14.3. The first-order valence-electron chi connectivity index (χ1n) is 8.54. The first kappa shape index (κ1) is 16.9. The average molecular weight is 361 g/mol. The number of nitrogens with zero attached hydrogens (tertiary/aromatic N) is 3. The Balaban J connectivity index is 1.73. The van der Waals surface area contributed by atoms with Gasteiger partial charge in [-0.1, -0.05) is 42.5 Å². The molecule has 0 saturated carbocycles. The average Bonchev–Trinajstić information content (AvgIpc) is 3.15. The van der Waals surface area contributed by atoms with Crippen molar-refractivity contribution in [1.82, 2.24) is 0 Å². The van der Waals surface area contributed by atoms with Crippen LogP contribution in [0.3, 0.4) is 0 Å². The van der Waals surface area contributed by atoms with Crippen LogP contribution in [0, 0.1) is 15.9 Å². The molecule has 1 atom stereocenters. The van der Waals surface area contributed by atoms with Crippen LogP contribution in [0.2, 0.25) is 0 Å². The zero-order valence-corrected chi connectivity index (χ0v) is 14.3. The summed E-state index contributed by atoms with van der Waals surface area (Å²) in [5.41, 5.74) is 3.66. The lowest BCUT2D eigenvalue weighted by atomic mass is 9.98. The predicted octanol–water partition coefficient (Wildman–Crippen LogP) is 5.09. The molecule has 0 radical (unpaired) electrons. The van der Waals surface area contributed by atoms with E-state index in [4.69, 9.17) is 5.10 Å².